The van der Waals surface area contributed by atoms with Crippen LogP contribution in [0, 0.1) is 0 Å². The average molecular weight is 461 g/mol. The minimum Gasteiger partial charge on any atom is -0.497 e. The molecule has 1 fully saturated rings. The predicted molar refractivity (Wildman–Crippen MR) is 114 cm³/mol. The maximum atomic E-state index is 12.9. The Morgan fingerprint density at radius 3 is 2.48 bits per heavy atom. The molecule has 33 heavy (non-hydrogen) atoms. The second-order valence-corrected chi connectivity index (χ2v) is 8.04. The van der Waals surface area contributed by atoms with E-state index >= 15 is 0 Å². The van der Waals surface area contributed by atoms with Gasteiger partial charge < -0.3 is 40.8 Å². The molecule has 1 aromatic heterocycles. The van der Waals surface area contributed by atoms with Gasteiger partial charge in [0.25, 0.3) is 11.8 Å². The molecule has 1 heterocycles. The van der Waals surface area contributed by atoms with Crippen LogP contribution in [0.3, 0.4) is 0 Å². The molecular formula is C22H27N3O8. The van der Waals surface area contributed by atoms with Crippen LogP contribution in [0.1, 0.15) is 29.0 Å². The molecule has 1 aliphatic carbocycles. The molecule has 178 valence electrons. The van der Waals surface area contributed by atoms with Crippen LogP contribution in [0.2, 0.25) is 0 Å². The van der Waals surface area contributed by atoms with Gasteiger partial charge in [-0.3, -0.25) is 14.4 Å². The van der Waals surface area contributed by atoms with Crippen LogP contribution in [-0.2, 0) is 16.0 Å². The molecule has 1 saturated carbocycles. The predicted octanol–water partition coefficient (Wildman–Crippen LogP) is -1.15. The van der Waals surface area contributed by atoms with Crippen LogP contribution in [-0.4, -0.2) is 70.0 Å². The van der Waals surface area contributed by atoms with Gasteiger partial charge in [-0.15, -0.1) is 0 Å². The molecule has 1 aromatic carbocycles. The van der Waals surface area contributed by atoms with Crippen LogP contribution in [0.15, 0.2) is 47.1 Å². The fourth-order valence-corrected chi connectivity index (χ4v) is 3.78. The SMILES string of the molecule is COc1ccc(C[C@H](NC(=O)[C@@]2(O)C[C@@H](O)[C@H](O)[C@@H](NC(=O)c3ccco3)C2)C(N)=O)cc1. The molecule has 0 unspecified atom stereocenters. The van der Waals surface area contributed by atoms with Gasteiger partial charge in [0.1, 0.15) is 23.5 Å². The number of carbonyl (C=O) groups is 3. The van der Waals surface area contributed by atoms with Gasteiger partial charge in [0.15, 0.2) is 5.76 Å². The summed E-state index contributed by atoms with van der Waals surface area (Å²) in [5, 5.41) is 36.4. The van der Waals surface area contributed by atoms with Gasteiger partial charge in [0.05, 0.1) is 25.5 Å². The van der Waals surface area contributed by atoms with Crippen LogP contribution < -0.4 is 21.1 Å². The third-order valence-corrected chi connectivity index (χ3v) is 5.64. The summed E-state index contributed by atoms with van der Waals surface area (Å²) in [6.45, 7) is 0. The first-order valence-corrected chi connectivity index (χ1v) is 10.3. The standard InChI is InChI=1S/C22H27N3O8/c1-32-13-6-4-12(5-7-13)9-14(19(23)28)25-21(30)22(31)10-15(18(27)16(26)11-22)24-20(29)17-3-2-8-33-17/h2-8,14-16,18,26-27,31H,9-11H2,1H3,(H2,23,28)(H,24,29)(H,25,30)/t14-,15-,16+,18+,22-/m0/s1. The quantitative estimate of drug-likeness (QED) is 0.284. The average Bonchev–Trinajstić information content (AvgIpc) is 3.32. The Morgan fingerprint density at radius 1 is 1.21 bits per heavy atom. The Kier molecular flexibility index (Phi) is 7.36. The summed E-state index contributed by atoms with van der Waals surface area (Å²) in [4.78, 5) is 37.1. The fraction of sp³-hybridized carbons (Fsp3) is 0.409. The van der Waals surface area contributed by atoms with E-state index in [0.29, 0.717) is 11.3 Å². The summed E-state index contributed by atoms with van der Waals surface area (Å²) in [6.07, 6.45) is -2.49. The summed E-state index contributed by atoms with van der Waals surface area (Å²) in [7, 11) is 1.52. The molecule has 0 spiro atoms. The van der Waals surface area contributed by atoms with Crippen molar-refractivity contribution in [3.8, 4) is 5.75 Å². The van der Waals surface area contributed by atoms with Crippen LogP contribution in [0.5, 0.6) is 5.75 Å². The Labute approximate surface area is 189 Å². The number of nitrogens with two attached hydrogens (primary N) is 1. The minimum absolute atomic E-state index is 0.0384. The van der Waals surface area contributed by atoms with Crippen LogP contribution >= 0.6 is 0 Å². The van der Waals surface area contributed by atoms with Crippen LogP contribution in [0.4, 0.5) is 0 Å². The summed E-state index contributed by atoms with van der Waals surface area (Å²) in [6, 6.07) is 7.38. The van der Waals surface area contributed by atoms with Gasteiger partial charge >= 0.3 is 0 Å². The molecule has 2 aromatic rings. The second kappa shape index (κ2) is 10.0. The first-order chi connectivity index (χ1) is 15.6. The lowest BCUT2D eigenvalue weighted by Crippen LogP contribution is -2.64. The number of ether oxygens (including phenoxy) is 1. The highest BCUT2D eigenvalue weighted by molar-refractivity contribution is 5.93. The van der Waals surface area contributed by atoms with Crippen molar-refractivity contribution in [1.82, 2.24) is 10.6 Å². The van der Waals surface area contributed by atoms with Gasteiger partial charge in [0.2, 0.25) is 5.91 Å². The number of nitrogens with one attached hydrogen (secondary N) is 2. The third-order valence-electron chi connectivity index (χ3n) is 5.64. The van der Waals surface area contributed by atoms with E-state index in [9.17, 15) is 29.7 Å². The van der Waals surface area contributed by atoms with E-state index in [1.807, 2.05) is 0 Å². The zero-order valence-electron chi connectivity index (χ0n) is 17.9. The molecule has 0 saturated heterocycles. The second-order valence-electron chi connectivity index (χ2n) is 8.04. The Bertz CT molecular complexity index is 978. The number of methoxy groups -OCH3 is 1. The van der Waals surface area contributed by atoms with Gasteiger partial charge in [-0.25, -0.2) is 0 Å². The molecule has 11 heteroatoms. The highest BCUT2D eigenvalue weighted by Gasteiger charge is 2.49. The molecule has 3 rings (SSSR count). The number of aliphatic hydroxyl groups is 3. The number of furan rings is 1. The minimum atomic E-state index is -2.17. The van der Waals surface area contributed by atoms with Gasteiger partial charge in [-0.1, -0.05) is 12.1 Å². The highest BCUT2D eigenvalue weighted by Crippen LogP contribution is 2.30. The van der Waals surface area contributed by atoms with Crippen molar-refractivity contribution in [1.29, 1.82) is 0 Å². The smallest absolute Gasteiger partial charge is 0.287 e. The van der Waals surface area contributed by atoms with E-state index in [2.05, 4.69) is 10.6 Å². The molecule has 7 N–H and O–H groups in total. The van der Waals surface area contributed by atoms with Crippen molar-refractivity contribution in [2.75, 3.05) is 7.11 Å². The molecule has 5 atom stereocenters. The Hall–Kier alpha value is -3.41. The normalized spacial score (nSPS) is 25.6. The van der Waals surface area contributed by atoms with Crippen molar-refractivity contribution in [2.24, 2.45) is 5.73 Å². The maximum Gasteiger partial charge on any atom is 0.287 e. The topological polar surface area (TPSA) is 184 Å². The number of aliphatic hydroxyl groups excluding tert-OH is 2. The van der Waals surface area contributed by atoms with Crippen molar-refractivity contribution in [3.05, 3.63) is 54.0 Å². The van der Waals surface area contributed by atoms with Gasteiger partial charge in [0, 0.05) is 19.3 Å². The first-order valence-electron chi connectivity index (χ1n) is 10.3. The number of carbonyl (C=O) groups excluding carboxylic acids is 3. The monoisotopic (exact) mass is 461 g/mol. The summed E-state index contributed by atoms with van der Waals surface area (Å²) in [5.74, 6) is -1.88. The molecule has 3 amide bonds. The molecule has 0 aliphatic heterocycles. The summed E-state index contributed by atoms with van der Waals surface area (Å²) in [5.41, 5.74) is 3.96. The summed E-state index contributed by atoms with van der Waals surface area (Å²) >= 11 is 0. The largest absolute Gasteiger partial charge is 0.497 e. The number of benzene rings is 1. The van der Waals surface area contributed by atoms with Gasteiger partial charge in [-0.05, 0) is 29.8 Å². The van der Waals surface area contributed by atoms with E-state index < -0.39 is 60.5 Å². The van der Waals surface area contributed by atoms with Crippen molar-refractivity contribution in [3.63, 3.8) is 0 Å². The lowest BCUT2D eigenvalue weighted by molar-refractivity contribution is -0.159. The number of rotatable bonds is 8. The lowest BCUT2D eigenvalue weighted by Gasteiger charge is -2.41. The maximum absolute atomic E-state index is 12.9. The summed E-state index contributed by atoms with van der Waals surface area (Å²) < 4.78 is 10.1. The molecule has 1 aliphatic rings. The highest BCUT2D eigenvalue weighted by atomic mass is 16.5. The van der Waals surface area contributed by atoms with Gasteiger partial charge in [-0.2, -0.15) is 0 Å². The number of primary amides is 1. The molecular weight excluding hydrogens is 434 g/mol. The third kappa shape index (κ3) is 5.69. The van der Waals surface area contributed by atoms with Crippen molar-refractivity contribution < 1.29 is 38.9 Å². The number of hydrogen-bond donors (Lipinski definition) is 6. The van der Waals surface area contributed by atoms with E-state index in [1.54, 1.807) is 24.3 Å². The molecule has 11 nitrogen and oxygen atoms in total. The molecule has 0 bridgehead atoms. The van der Waals surface area contributed by atoms with Crippen molar-refractivity contribution in [2.45, 2.75) is 49.2 Å². The number of amides is 3. The first kappa shape index (κ1) is 24.2. The van der Waals surface area contributed by atoms with Crippen molar-refractivity contribution >= 4 is 17.7 Å². The zero-order chi connectivity index (χ0) is 24.2. The van der Waals surface area contributed by atoms with E-state index in [0.717, 1.165) is 0 Å². The lowest BCUT2D eigenvalue weighted by atomic mass is 9.77. The number of hydrogen-bond acceptors (Lipinski definition) is 8. The van der Waals surface area contributed by atoms with E-state index in [4.69, 9.17) is 14.9 Å². The Balaban J connectivity index is 1.71. The Morgan fingerprint density at radius 2 is 1.91 bits per heavy atom. The van der Waals surface area contributed by atoms with E-state index in [1.165, 1.54) is 25.5 Å². The van der Waals surface area contributed by atoms with E-state index in [-0.39, 0.29) is 12.2 Å². The van der Waals surface area contributed by atoms with Crippen LogP contribution in [0.25, 0.3) is 0 Å². The molecule has 0 radical (unpaired) electrons. The fourth-order valence-electron chi connectivity index (χ4n) is 3.78. The zero-order valence-corrected chi connectivity index (χ0v) is 17.9.